The lowest BCUT2D eigenvalue weighted by atomic mass is 10.6. The normalized spacial score (nSPS) is 11.2. The van der Waals surface area contributed by atoms with Crippen LogP contribution in [0.1, 0.15) is 6.92 Å². The van der Waals surface area contributed by atoms with Gasteiger partial charge in [0.2, 0.25) is 5.91 Å². The fraction of sp³-hybridized carbons (Fsp3) is 0.750. The topological polar surface area (TPSA) is 54.5 Å². The minimum absolute atomic E-state index is 0.0333. The number of amides is 1. The Balaban J connectivity index is 4.49. The highest BCUT2D eigenvalue weighted by atomic mass is 35.7. The summed E-state index contributed by atoms with van der Waals surface area (Å²) in [6.07, 6.45) is 0. The molecule has 0 spiro atoms. The van der Waals surface area contributed by atoms with E-state index in [0.717, 1.165) is 6.92 Å². The van der Waals surface area contributed by atoms with Gasteiger partial charge in [-0.25, -0.2) is 4.31 Å². The number of carbonyl (C=O) groups excluding carboxylic acids is 1. The van der Waals surface area contributed by atoms with Crippen molar-refractivity contribution in [2.24, 2.45) is 0 Å². The Morgan fingerprint density at radius 2 is 2.00 bits per heavy atom. The summed E-state index contributed by atoms with van der Waals surface area (Å²) in [5.41, 5.74) is 0. The summed E-state index contributed by atoms with van der Waals surface area (Å²) in [4.78, 5) is 10.6. The molecule has 0 fully saturated rings. The lowest BCUT2D eigenvalue weighted by Gasteiger charge is -2.14. The second-order valence-electron chi connectivity index (χ2n) is 1.72. The predicted molar refractivity (Wildman–Crippen MR) is 42.9 cm³/mol. The highest BCUT2D eigenvalue weighted by Crippen LogP contribution is 2.06. The van der Waals surface area contributed by atoms with Crippen LogP contribution in [-0.2, 0) is 14.0 Å². The van der Waals surface area contributed by atoms with E-state index in [4.69, 9.17) is 22.3 Å². The maximum atomic E-state index is 10.6. The zero-order valence-electron chi connectivity index (χ0n) is 5.75. The molecule has 1 amide bonds. The maximum absolute atomic E-state index is 10.6. The number of carbonyl (C=O) groups is 1. The first-order valence-electron chi connectivity index (χ1n) is 2.68. The summed E-state index contributed by atoms with van der Waals surface area (Å²) in [5.74, 6) is -0.605. The fourth-order valence-electron chi connectivity index (χ4n) is 0.497. The predicted octanol–water partition coefficient (Wildman–Crippen LogP) is 0.557. The van der Waals surface area contributed by atoms with Crippen molar-refractivity contribution in [1.82, 2.24) is 4.31 Å². The summed E-state index contributed by atoms with van der Waals surface area (Å²) < 4.78 is 21.7. The van der Waals surface area contributed by atoms with Gasteiger partial charge in [0.25, 0.3) is 0 Å². The molecular formula is C4H7Cl2NO3S. The molecule has 0 unspecified atom stereocenters. The van der Waals surface area contributed by atoms with Crippen molar-refractivity contribution in [1.29, 1.82) is 0 Å². The Labute approximate surface area is 74.6 Å². The van der Waals surface area contributed by atoms with Crippen LogP contribution in [0.3, 0.4) is 0 Å². The van der Waals surface area contributed by atoms with E-state index in [1.165, 1.54) is 0 Å². The summed E-state index contributed by atoms with van der Waals surface area (Å²) in [6, 6.07) is 0. The number of hydrogen-bond donors (Lipinski definition) is 0. The quantitative estimate of drug-likeness (QED) is 0.515. The van der Waals surface area contributed by atoms with Crippen molar-refractivity contribution < 1.29 is 13.2 Å². The molecule has 0 saturated heterocycles. The van der Waals surface area contributed by atoms with E-state index in [-0.39, 0.29) is 12.4 Å². The SMILES string of the molecule is CC(=O)N(CCCl)S(=O)(=O)Cl. The van der Waals surface area contributed by atoms with Gasteiger partial charge in [0, 0.05) is 23.5 Å². The molecule has 0 atom stereocenters. The Kier molecular flexibility index (Phi) is 4.13. The molecule has 0 aromatic carbocycles. The summed E-state index contributed by atoms with van der Waals surface area (Å²) in [6.45, 7) is 1.01. The summed E-state index contributed by atoms with van der Waals surface area (Å²) >= 11 is 5.23. The minimum atomic E-state index is -3.95. The van der Waals surface area contributed by atoms with Gasteiger partial charge in [-0.15, -0.1) is 11.6 Å². The monoisotopic (exact) mass is 219 g/mol. The van der Waals surface area contributed by atoms with Crippen LogP contribution in [0.15, 0.2) is 0 Å². The van der Waals surface area contributed by atoms with Gasteiger partial charge in [-0.05, 0) is 0 Å². The molecule has 0 aliphatic rings. The fourth-order valence-corrected chi connectivity index (χ4v) is 1.88. The largest absolute Gasteiger partial charge is 0.323 e. The molecule has 0 aliphatic carbocycles. The van der Waals surface area contributed by atoms with Crippen LogP contribution >= 0.6 is 22.3 Å². The molecule has 0 heterocycles. The van der Waals surface area contributed by atoms with E-state index < -0.39 is 15.1 Å². The van der Waals surface area contributed by atoms with E-state index in [9.17, 15) is 13.2 Å². The lowest BCUT2D eigenvalue weighted by molar-refractivity contribution is -0.123. The van der Waals surface area contributed by atoms with Gasteiger partial charge in [0.05, 0.1) is 6.54 Å². The molecule has 0 N–H and O–H groups in total. The van der Waals surface area contributed by atoms with Crippen molar-refractivity contribution in [2.75, 3.05) is 12.4 Å². The molecule has 0 aromatic heterocycles. The van der Waals surface area contributed by atoms with Gasteiger partial charge in [-0.3, -0.25) is 4.79 Å². The second-order valence-corrected chi connectivity index (χ2v) is 4.54. The molecule has 0 aliphatic heterocycles. The lowest BCUT2D eigenvalue weighted by Crippen LogP contribution is -2.33. The second kappa shape index (κ2) is 4.13. The van der Waals surface area contributed by atoms with Crippen molar-refractivity contribution in [3.8, 4) is 0 Å². The van der Waals surface area contributed by atoms with E-state index in [0.29, 0.717) is 4.31 Å². The zero-order chi connectivity index (χ0) is 9.07. The third-order valence-electron chi connectivity index (χ3n) is 0.902. The van der Waals surface area contributed by atoms with E-state index in [1.807, 2.05) is 0 Å². The first kappa shape index (κ1) is 11.0. The first-order valence-corrected chi connectivity index (χ1v) is 5.48. The van der Waals surface area contributed by atoms with Crippen molar-refractivity contribution in [2.45, 2.75) is 6.92 Å². The van der Waals surface area contributed by atoms with Gasteiger partial charge in [-0.1, -0.05) is 0 Å². The molecule has 0 saturated carbocycles. The van der Waals surface area contributed by atoms with Crippen LogP contribution in [0.4, 0.5) is 0 Å². The van der Waals surface area contributed by atoms with E-state index in [1.54, 1.807) is 0 Å². The molecule has 7 heteroatoms. The molecule has 0 bridgehead atoms. The molecular weight excluding hydrogens is 213 g/mol. The Hall–Kier alpha value is -0.000000000000000111. The van der Waals surface area contributed by atoms with E-state index >= 15 is 0 Å². The minimum Gasteiger partial charge on any atom is -0.274 e. The van der Waals surface area contributed by atoms with Crippen LogP contribution in [0.2, 0.25) is 0 Å². The average molecular weight is 220 g/mol. The highest BCUT2D eigenvalue weighted by molar-refractivity contribution is 8.12. The number of halogens is 2. The molecule has 0 aromatic rings. The van der Waals surface area contributed by atoms with Crippen LogP contribution in [-0.4, -0.2) is 31.1 Å². The van der Waals surface area contributed by atoms with Gasteiger partial charge in [0.15, 0.2) is 0 Å². The van der Waals surface area contributed by atoms with Gasteiger partial charge >= 0.3 is 9.24 Å². The molecule has 0 rings (SSSR count). The van der Waals surface area contributed by atoms with Crippen LogP contribution < -0.4 is 0 Å². The Morgan fingerprint density at radius 3 is 2.09 bits per heavy atom. The molecule has 4 nitrogen and oxygen atoms in total. The van der Waals surface area contributed by atoms with Crippen LogP contribution in [0.5, 0.6) is 0 Å². The Bertz CT molecular complexity index is 238. The molecule has 66 valence electrons. The average Bonchev–Trinajstić information content (AvgIpc) is 1.79. The van der Waals surface area contributed by atoms with Crippen LogP contribution in [0, 0.1) is 0 Å². The van der Waals surface area contributed by atoms with Crippen molar-refractivity contribution >= 4 is 37.4 Å². The standard InChI is InChI=1S/C4H7Cl2NO3S/c1-4(8)7(3-2-5)11(6,9)10/h2-3H2,1H3. The Morgan fingerprint density at radius 1 is 1.55 bits per heavy atom. The number of hydrogen-bond acceptors (Lipinski definition) is 3. The van der Waals surface area contributed by atoms with Gasteiger partial charge < -0.3 is 0 Å². The van der Waals surface area contributed by atoms with Gasteiger partial charge in [-0.2, -0.15) is 8.42 Å². The maximum Gasteiger partial charge on any atom is 0.323 e. The number of alkyl halides is 1. The number of nitrogens with zero attached hydrogens (tertiary/aromatic N) is 1. The number of rotatable bonds is 3. The van der Waals surface area contributed by atoms with Crippen molar-refractivity contribution in [3.05, 3.63) is 0 Å². The zero-order valence-corrected chi connectivity index (χ0v) is 8.08. The molecule has 0 radical (unpaired) electrons. The summed E-state index contributed by atoms with van der Waals surface area (Å²) in [5, 5.41) is 0. The van der Waals surface area contributed by atoms with Crippen LogP contribution in [0.25, 0.3) is 0 Å². The van der Waals surface area contributed by atoms with Gasteiger partial charge in [0.1, 0.15) is 0 Å². The third-order valence-corrected chi connectivity index (χ3v) is 2.54. The smallest absolute Gasteiger partial charge is 0.274 e. The first-order chi connectivity index (χ1) is 4.89. The third kappa shape index (κ3) is 3.79. The van der Waals surface area contributed by atoms with Crippen molar-refractivity contribution in [3.63, 3.8) is 0 Å². The van der Waals surface area contributed by atoms with E-state index in [2.05, 4.69) is 0 Å². The summed E-state index contributed by atoms with van der Waals surface area (Å²) in [7, 11) is 0.937. The highest BCUT2D eigenvalue weighted by Gasteiger charge is 2.20. The molecule has 11 heavy (non-hydrogen) atoms.